The zero-order chi connectivity index (χ0) is 15.4. The Labute approximate surface area is 137 Å². The molecule has 0 aliphatic heterocycles. The average molecular weight is 416 g/mol. The fraction of sp³-hybridized carbons (Fsp3) is 0. The molecule has 0 aromatic heterocycles. The van der Waals surface area contributed by atoms with Crippen LogP contribution in [0.3, 0.4) is 0 Å². The highest BCUT2D eigenvalue weighted by Crippen LogP contribution is 2.35. The van der Waals surface area contributed by atoms with Crippen LogP contribution in [0.2, 0.25) is 0 Å². The van der Waals surface area contributed by atoms with Gasteiger partial charge in [-0.3, -0.25) is 0 Å². The molecule has 2 rings (SSSR count). The van der Waals surface area contributed by atoms with Crippen LogP contribution in [0.5, 0.6) is 11.5 Å². The Morgan fingerprint density at radius 3 is 2.67 bits per heavy atom. The highest BCUT2D eigenvalue weighted by atomic mass is 79.9. The Morgan fingerprint density at radius 1 is 1.24 bits per heavy atom. The number of carboxylic acid groups (broad SMARTS) is 1. The lowest BCUT2D eigenvalue weighted by molar-refractivity contribution is -0.131. The first-order valence-corrected chi connectivity index (χ1v) is 7.38. The maximum atomic E-state index is 13.9. The summed E-state index contributed by atoms with van der Waals surface area (Å²) >= 11 is 6.64. The predicted octanol–water partition coefficient (Wildman–Crippen LogP) is 5.24. The zero-order valence-electron chi connectivity index (χ0n) is 10.5. The summed E-state index contributed by atoms with van der Waals surface area (Å²) in [7, 11) is 0. The lowest BCUT2D eigenvalue weighted by Gasteiger charge is -2.11. The van der Waals surface area contributed by atoms with Crippen molar-refractivity contribution in [2.24, 2.45) is 0 Å². The SMILES string of the molecule is O=C(O)/C=C/c1cccc(F)c1Oc1ccc(Br)cc1Br. The van der Waals surface area contributed by atoms with Gasteiger partial charge in [-0.2, -0.15) is 0 Å². The van der Waals surface area contributed by atoms with Gasteiger partial charge in [-0.25, -0.2) is 9.18 Å². The van der Waals surface area contributed by atoms with Crippen molar-refractivity contribution in [3.63, 3.8) is 0 Å². The van der Waals surface area contributed by atoms with Crippen molar-refractivity contribution in [1.82, 2.24) is 0 Å². The van der Waals surface area contributed by atoms with E-state index in [0.717, 1.165) is 10.5 Å². The molecule has 0 fully saturated rings. The van der Waals surface area contributed by atoms with E-state index in [-0.39, 0.29) is 5.75 Å². The normalized spacial score (nSPS) is 10.8. The van der Waals surface area contributed by atoms with Crippen LogP contribution in [-0.2, 0) is 4.79 Å². The molecule has 21 heavy (non-hydrogen) atoms. The van der Waals surface area contributed by atoms with Gasteiger partial charge < -0.3 is 9.84 Å². The summed E-state index contributed by atoms with van der Waals surface area (Å²) in [5.41, 5.74) is 0.340. The van der Waals surface area contributed by atoms with Gasteiger partial charge in [0.1, 0.15) is 5.75 Å². The van der Waals surface area contributed by atoms with E-state index in [4.69, 9.17) is 9.84 Å². The molecule has 0 aliphatic rings. The van der Waals surface area contributed by atoms with Gasteiger partial charge in [0.15, 0.2) is 11.6 Å². The minimum atomic E-state index is -1.12. The number of carboxylic acids is 1. The Morgan fingerprint density at radius 2 is 2.00 bits per heavy atom. The Bertz CT molecular complexity index is 714. The molecule has 3 nitrogen and oxygen atoms in total. The summed E-state index contributed by atoms with van der Waals surface area (Å²) in [6.45, 7) is 0. The second-order valence-electron chi connectivity index (χ2n) is 4.01. The van der Waals surface area contributed by atoms with E-state index in [0.29, 0.717) is 15.8 Å². The van der Waals surface area contributed by atoms with Crippen LogP contribution < -0.4 is 4.74 Å². The molecule has 2 aromatic carbocycles. The third-order valence-electron chi connectivity index (χ3n) is 2.51. The highest BCUT2D eigenvalue weighted by Gasteiger charge is 2.11. The standard InChI is InChI=1S/C15H9Br2FO3/c16-10-5-6-13(11(17)8-10)21-15-9(4-7-14(19)20)2-1-3-12(15)18/h1-8H,(H,19,20)/b7-4+. The number of halogens is 3. The maximum Gasteiger partial charge on any atom is 0.328 e. The first-order chi connectivity index (χ1) is 9.97. The third-order valence-corrected chi connectivity index (χ3v) is 3.62. The van der Waals surface area contributed by atoms with Crippen molar-refractivity contribution in [3.05, 3.63) is 62.8 Å². The van der Waals surface area contributed by atoms with Gasteiger partial charge in [0, 0.05) is 16.1 Å². The number of hydrogen-bond acceptors (Lipinski definition) is 2. The molecule has 0 aliphatic carbocycles. The molecular formula is C15H9Br2FO3. The van der Waals surface area contributed by atoms with Crippen molar-refractivity contribution in [2.45, 2.75) is 0 Å². The van der Waals surface area contributed by atoms with E-state index in [1.54, 1.807) is 24.3 Å². The van der Waals surface area contributed by atoms with E-state index in [1.807, 2.05) is 0 Å². The number of hydrogen-bond donors (Lipinski definition) is 1. The molecule has 0 unspecified atom stereocenters. The molecular weight excluding hydrogens is 407 g/mol. The van der Waals surface area contributed by atoms with E-state index in [2.05, 4.69) is 31.9 Å². The van der Waals surface area contributed by atoms with Crippen LogP contribution in [0.15, 0.2) is 51.4 Å². The second kappa shape index (κ2) is 6.87. The molecule has 0 atom stereocenters. The van der Waals surface area contributed by atoms with Crippen LogP contribution in [0.1, 0.15) is 5.56 Å². The van der Waals surface area contributed by atoms with E-state index in [1.165, 1.54) is 18.2 Å². The minimum Gasteiger partial charge on any atom is -0.478 e. The molecule has 0 spiro atoms. The van der Waals surface area contributed by atoms with Gasteiger partial charge in [0.05, 0.1) is 4.47 Å². The Balaban J connectivity index is 2.41. The van der Waals surface area contributed by atoms with Crippen LogP contribution in [0.25, 0.3) is 6.08 Å². The smallest absolute Gasteiger partial charge is 0.328 e. The molecule has 0 radical (unpaired) electrons. The van der Waals surface area contributed by atoms with Gasteiger partial charge in [-0.05, 0) is 46.3 Å². The molecule has 1 N–H and O–H groups in total. The van der Waals surface area contributed by atoms with Gasteiger partial charge in [0.2, 0.25) is 0 Å². The van der Waals surface area contributed by atoms with Crippen molar-refractivity contribution < 1.29 is 19.0 Å². The van der Waals surface area contributed by atoms with E-state index in [9.17, 15) is 9.18 Å². The predicted molar refractivity (Wildman–Crippen MR) is 85.0 cm³/mol. The summed E-state index contributed by atoms with van der Waals surface area (Å²) in [6.07, 6.45) is 2.21. The molecule has 0 bridgehead atoms. The first-order valence-electron chi connectivity index (χ1n) is 5.80. The summed E-state index contributed by atoms with van der Waals surface area (Å²) < 4.78 is 21.0. The number of benzene rings is 2. The molecule has 108 valence electrons. The lowest BCUT2D eigenvalue weighted by Crippen LogP contribution is -1.93. The molecule has 2 aromatic rings. The third kappa shape index (κ3) is 4.15. The van der Waals surface area contributed by atoms with Gasteiger partial charge in [0.25, 0.3) is 0 Å². The van der Waals surface area contributed by atoms with Crippen molar-refractivity contribution in [1.29, 1.82) is 0 Å². The van der Waals surface area contributed by atoms with Crippen molar-refractivity contribution >= 4 is 43.9 Å². The number of para-hydroxylation sites is 1. The van der Waals surface area contributed by atoms with E-state index >= 15 is 0 Å². The van der Waals surface area contributed by atoms with Crippen LogP contribution >= 0.6 is 31.9 Å². The minimum absolute atomic E-state index is 0.0296. The van der Waals surface area contributed by atoms with Gasteiger partial charge in [-0.1, -0.05) is 28.1 Å². The summed E-state index contributed by atoms with van der Waals surface area (Å²) in [5.74, 6) is -1.29. The maximum absolute atomic E-state index is 13.9. The Hall–Kier alpha value is -1.66. The number of ether oxygens (including phenoxy) is 1. The van der Waals surface area contributed by atoms with Crippen LogP contribution in [0, 0.1) is 5.82 Å². The highest BCUT2D eigenvalue weighted by molar-refractivity contribution is 9.11. The fourth-order valence-corrected chi connectivity index (χ4v) is 2.72. The van der Waals surface area contributed by atoms with E-state index < -0.39 is 11.8 Å². The zero-order valence-corrected chi connectivity index (χ0v) is 13.7. The molecule has 6 heteroatoms. The monoisotopic (exact) mass is 414 g/mol. The molecule has 0 saturated carbocycles. The van der Waals surface area contributed by atoms with Gasteiger partial charge >= 0.3 is 5.97 Å². The van der Waals surface area contributed by atoms with Crippen molar-refractivity contribution in [3.8, 4) is 11.5 Å². The number of carbonyl (C=O) groups is 1. The largest absolute Gasteiger partial charge is 0.478 e. The topological polar surface area (TPSA) is 46.5 Å². The lowest BCUT2D eigenvalue weighted by atomic mass is 10.1. The summed E-state index contributed by atoms with van der Waals surface area (Å²) in [6, 6.07) is 9.51. The number of aliphatic carboxylic acids is 1. The summed E-state index contributed by atoms with van der Waals surface area (Å²) in [5, 5.41) is 8.67. The van der Waals surface area contributed by atoms with Crippen molar-refractivity contribution in [2.75, 3.05) is 0 Å². The van der Waals surface area contributed by atoms with Gasteiger partial charge in [-0.15, -0.1) is 0 Å². The quantitative estimate of drug-likeness (QED) is 0.694. The van der Waals surface area contributed by atoms with Crippen LogP contribution in [0.4, 0.5) is 4.39 Å². The average Bonchev–Trinajstić information content (AvgIpc) is 2.42. The fourth-order valence-electron chi connectivity index (χ4n) is 1.59. The molecule has 0 saturated heterocycles. The second-order valence-corrected chi connectivity index (χ2v) is 5.78. The molecule has 0 heterocycles. The number of rotatable bonds is 4. The molecule has 0 amide bonds. The summed E-state index contributed by atoms with van der Waals surface area (Å²) in [4.78, 5) is 10.6. The first kappa shape index (κ1) is 15.7. The van der Waals surface area contributed by atoms with Crippen LogP contribution in [-0.4, -0.2) is 11.1 Å². The Kier molecular flexibility index (Phi) is 5.14.